The number of aromatic nitrogens is 2. The van der Waals surface area contributed by atoms with Gasteiger partial charge in [0.2, 0.25) is 0 Å². The first kappa shape index (κ1) is 22.5. The van der Waals surface area contributed by atoms with Crippen molar-refractivity contribution in [3.8, 4) is 0 Å². The molecule has 3 heterocycles. The summed E-state index contributed by atoms with van der Waals surface area (Å²) in [5, 5.41) is 18.8. The lowest BCUT2D eigenvalue weighted by atomic mass is 10.0. The van der Waals surface area contributed by atoms with E-state index < -0.39 is 6.10 Å². The Morgan fingerprint density at radius 1 is 1.00 bits per heavy atom. The van der Waals surface area contributed by atoms with Gasteiger partial charge in [-0.15, -0.1) is 0 Å². The van der Waals surface area contributed by atoms with Gasteiger partial charge < -0.3 is 15.3 Å². The van der Waals surface area contributed by atoms with Crippen molar-refractivity contribution in [1.29, 1.82) is 0 Å². The second-order valence-corrected chi connectivity index (χ2v) is 10.6. The molecule has 3 fully saturated rings. The number of benzene rings is 2. The summed E-state index contributed by atoms with van der Waals surface area (Å²) in [6.45, 7) is 1.72. The quantitative estimate of drug-likeness (QED) is 0.571. The molecule has 3 aromatic rings. The number of hydrogen-bond donors (Lipinski definition) is 2. The maximum absolute atomic E-state index is 13.2. The molecule has 2 aromatic carbocycles. The molecular formula is C29H34N4O2. The molecule has 1 aromatic heterocycles. The Kier molecular flexibility index (Phi) is 6.17. The molecule has 2 saturated heterocycles. The highest BCUT2D eigenvalue weighted by Crippen LogP contribution is 2.43. The summed E-state index contributed by atoms with van der Waals surface area (Å²) in [5.41, 5.74) is 2.99. The van der Waals surface area contributed by atoms with E-state index in [0.29, 0.717) is 23.9 Å². The van der Waals surface area contributed by atoms with Crippen LogP contribution >= 0.6 is 0 Å². The largest absolute Gasteiger partial charge is 0.387 e. The molecule has 1 amide bonds. The normalized spacial score (nSPS) is 28.8. The fourth-order valence-corrected chi connectivity index (χ4v) is 6.54. The number of aliphatic hydroxyl groups is 1. The van der Waals surface area contributed by atoms with Crippen LogP contribution in [0.15, 0.2) is 73.1 Å². The fraction of sp³-hybridized carbons (Fsp3) is 0.448. The highest BCUT2D eigenvalue weighted by molar-refractivity contribution is 5.94. The number of carbonyl (C=O) groups excluding carboxylic acids is 1. The lowest BCUT2D eigenvalue weighted by Gasteiger charge is -2.21. The van der Waals surface area contributed by atoms with Gasteiger partial charge in [0.1, 0.15) is 0 Å². The van der Waals surface area contributed by atoms with Crippen LogP contribution in [0, 0.1) is 11.8 Å². The lowest BCUT2D eigenvalue weighted by molar-refractivity contribution is 0.0778. The number of nitrogens with one attached hydrogen (secondary N) is 1. The molecule has 1 saturated carbocycles. The molecule has 5 atom stereocenters. The molecule has 6 heteroatoms. The van der Waals surface area contributed by atoms with Gasteiger partial charge in [-0.25, -0.2) is 0 Å². The van der Waals surface area contributed by atoms with Crippen LogP contribution in [0.4, 0.5) is 0 Å². The molecule has 6 rings (SSSR count). The number of aliphatic hydroxyl groups excluding tert-OH is 1. The Hall–Kier alpha value is -2.96. The van der Waals surface area contributed by atoms with Crippen LogP contribution in [0.1, 0.15) is 59.3 Å². The van der Waals surface area contributed by atoms with E-state index in [1.165, 1.54) is 5.56 Å². The van der Waals surface area contributed by atoms with E-state index in [9.17, 15) is 9.90 Å². The van der Waals surface area contributed by atoms with Crippen molar-refractivity contribution in [2.24, 2.45) is 11.8 Å². The predicted octanol–water partition coefficient (Wildman–Crippen LogP) is 4.00. The van der Waals surface area contributed by atoms with Gasteiger partial charge in [-0.2, -0.15) is 5.10 Å². The second-order valence-electron chi connectivity index (χ2n) is 10.6. The first-order valence-electron chi connectivity index (χ1n) is 13.0. The number of carbonyl (C=O) groups is 1. The zero-order valence-corrected chi connectivity index (χ0v) is 20.0. The molecule has 35 heavy (non-hydrogen) atoms. The Bertz CT molecular complexity index is 1120. The molecular weight excluding hydrogens is 436 g/mol. The minimum absolute atomic E-state index is 0.0887. The van der Waals surface area contributed by atoms with Crippen molar-refractivity contribution in [2.75, 3.05) is 13.1 Å². The first-order chi connectivity index (χ1) is 17.1. The van der Waals surface area contributed by atoms with Crippen LogP contribution < -0.4 is 5.32 Å². The first-order valence-corrected chi connectivity index (χ1v) is 13.0. The van der Waals surface area contributed by atoms with Gasteiger partial charge >= 0.3 is 0 Å². The lowest BCUT2D eigenvalue weighted by Crippen LogP contribution is -2.35. The Morgan fingerprint density at radius 3 is 2.43 bits per heavy atom. The van der Waals surface area contributed by atoms with Gasteiger partial charge in [0.25, 0.3) is 5.91 Å². The second kappa shape index (κ2) is 9.59. The number of nitrogens with zero attached hydrogens (tertiary/aromatic N) is 3. The van der Waals surface area contributed by atoms with Crippen LogP contribution in [0.3, 0.4) is 0 Å². The monoisotopic (exact) mass is 470 g/mol. The SMILES string of the molecule is O=C(c1ccc(C[C@@H]2CC[C@H]([C@H](O)c3ccccc3)N2)cc1)N1CC2CC(n3cccn3)CC2C1. The number of hydrogen-bond acceptors (Lipinski definition) is 4. The molecule has 0 bridgehead atoms. The van der Waals surface area contributed by atoms with Crippen molar-refractivity contribution in [3.63, 3.8) is 0 Å². The topological polar surface area (TPSA) is 70.4 Å². The number of likely N-dealkylation sites (tertiary alicyclic amines) is 1. The molecule has 2 unspecified atom stereocenters. The van der Waals surface area contributed by atoms with E-state index in [1.807, 2.05) is 54.7 Å². The number of fused-ring (bicyclic) bond motifs is 1. The van der Waals surface area contributed by atoms with Crippen molar-refractivity contribution in [3.05, 3.63) is 89.7 Å². The molecule has 0 radical (unpaired) electrons. The minimum Gasteiger partial charge on any atom is -0.387 e. The summed E-state index contributed by atoms with van der Waals surface area (Å²) in [7, 11) is 0. The Balaban J connectivity index is 1.01. The van der Waals surface area contributed by atoms with E-state index >= 15 is 0 Å². The maximum Gasteiger partial charge on any atom is 0.253 e. The summed E-state index contributed by atoms with van der Waals surface area (Å²) < 4.78 is 2.09. The third-order valence-corrected chi connectivity index (χ3v) is 8.39. The zero-order valence-electron chi connectivity index (χ0n) is 20.0. The van der Waals surface area contributed by atoms with E-state index in [0.717, 1.165) is 56.3 Å². The molecule has 6 nitrogen and oxygen atoms in total. The van der Waals surface area contributed by atoms with Crippen molar-refractivity contribution in [1.82, 2.24) is 20.0 Å². The smallest absolute Gasteiger partial charge is 0.253 e. The molecule has 2 aliphatic heterocycles. The van der Waals surface area contributed by atoms with Crippen molar-refractivity contribution in [2.45, 2.75) is 56.3 Å². The van der Waals surface area contributed by atoms with E-state index in [4.69, 9.17) is 0 Å². The Morgan fingerprint density at radius 2 is 1.74 bits per heavy atom. The maximum atomic E-state index is 13.2. The summed E-state index contributed by atoms with van der Waals surface area (Å²) >= 11 is 0. The summed E-state index contributed by atoms with van der Waals surface area (Å²) in [5.74, 6) is 1.33. The average Bonchev–Trinajstić information content (AvgIpc) is 3.68. The average molecular weight is 471 g/mol. The number of rotatable bonds is 6. The summed E-state index contributed by atoms with van der Waals surface area (Å²) in [6.07, 6.45) is 8.59. The van der Waals surface area contributed by atoms with Gasteiger partial charge in [0.05, 0.1) is 12.1 Å². The van der Waals surface area contributed by atoms with Gasteiger partial charge in [0.15, 0.2) is 0 Å². The molecule has 2 N–H and O–H groups in total. The van der Waals surface area contributed by atoms with Crippen LogP contribution in [0.2, 0.25) is 0 Å². The minimum atomic E-state index is -0.476. The van der Waals surface area contributed by atoms with Gasteiger partial charge in [-0.1, -0.05) is 42.5 Å². The van der Waals surface area contributed by atoms with Crippen LogP contribution in [-0.2, 0) is 6.42 Å². The highest BCUT2D eigenvalue weighted by atomic mass is 16.3. The Labute approximate surface area is 207 Å². The van der Waals surface area contributed by atoms with E-state index in [-0.39, 0.29) is 11.9 Å². The predicted molar refractivity (Wildman–Crippen MR) is 135 cm³/mol. The van der Waals surface area contributed by atoms with Crippen LogP contribution in [0.5, 0.6) is 0 Å². The van der Waals surface area contributed by atoms with E-state index in [2.05, 4.69) is 38.3 Å². The van der Waals surface area contributed by atoms with E-state index in [1.54, 1.807) is 0 Å². The third kappa shape index (κ3) is 4.65. The zero-order chi connectivity index (χ0) is 23.8. The summed E-state index contributed by atoms with van der Waals surface area (Å²) in [4.78, 5) is 15.2. The summed E-state index contributed by atoms with van der Waals surface area (Å²) in [6, 6.07) is 21.0. The van der Waals surface area contributed by atoms with Gasteiger partial charge in [-0.05, 0) is 73.3 Å². The van der Waals surface area contributed by atoms with Crippen LogP contribution in [-0.4, -0.2) is 50.9 Å². The standard InChI is InChI=1S/C29H34N4O2/c34-28(21-5-2-1-3-6-21)27-12-11-25(31-27)15-20-7-9-22(10-8-20)29(35)32-18-23-16-26(17-24(23)19-32)33-14-4-13-30-33/h1-10,13-14,23-28,31,34H,11-12,15-19H2/t23?,24?,25-,26?,27+,28+/m0/s1. The van der Waals surface area contributed by atoms with Crippen molar-refractivity contribution < 1.29 is 9.90 Å². The molecule has 0 spiro atoms. The molecule has 1 aliphatic carbocycles. The number of amides is 1. The van der Waals surface area contributed by atoms with Crippen LogP contribution in [0.25, 0.3) is 0 Å². The van der Waals surface area contributed by atoms with Gasteiger partial charge in [-0.3, -0.25) is 9.48 Å². The molecule has 182 valence electrons. The van der Waals surface area contributed by atoms with Gasteiger partial charge in [0, 0.05) is 43.1 Å². The third-order valence-electron chi connectivity index (χ3n) is 8.39. The molecule has 3 aliphatic rings. The fourth-order valence-electron chi connectivity index (χ4n) is 6.54. The highest BCUT2D eigenvalue weighted by Gasteiger charge is 2.43. The van der Waals surface area contributed by atoms with Crippen molar-refractivity contribution >= 4 is 5.91 Å².